The van der Waals surface area contributed by atoms with Crippen LogP contribution in [0.15, 0.2) is 17.2 Å². The van der Waals surface area contributed by atoms with E-state index in [1.165, 1.54) is 4.88 Å². The predicted octanol–water partition coefficient (Wildman–Crippen LogP) is 3.34. The first-order valence-electron chi connectivity index (χ1n) is 6.16. The molecular formula is C13H20N2OS. The van der Waals surface area contributed by atoms with Crippen LogP contribution in [0.2, 0.25) is 0 Å². The number of amides is 1. The number of aryl methyl sites for hydroxylation is 1. The maximum atomic E-state index is 11.3. The lowest BCUT2D eigenvalue weighted by atomic mass is 10.2. The van der Waals surface area contributed by atoms with E-state index in [9.17, 15) is 4.79 Å². The number of hydrogen-bond donors (Lipinski definition) is 1. The first kappa shape index (κ1) is 13.9. The van der Waals surface area contributed by atoms with Gasteiger partial charge in [-0.05, 0) is 25.0 Å². The van der Waals surface area contributed by atoms with Crippen LogP contribution >= 0.6 is 11.3 Å². The smallest absolute Gasteiger partial charge is 0.240 e. The highest BCUT2D eigenvalue weighted by Crippen LogP contribution is 2.14. The van der Waals surface area contributed by atoms with Crippen molar-refractivity contribution in [2.24, 2.45) is 5.10 Å². The molecule has 1 heterocycles. The molecule has 17 heavy (non-hydrogen) atoms. The standard InChI is InChI=1S/C13H20N2OS/c1-3-5-6-7-13(16)15-14-10-12-9-8-11(4-2)17-12/h8-10H,3-7H2,1-2H3,(H,15,16). The number of thiophene rings is 1. The Morgan fingerprint density at radius 3 is 2.88 bits per heavy atom. The van der Waals surface area contributed by atoms with Crippen molar-refractivity contribution in [2.75, 3.05) is 0 Å². The van der Waals surface area contributed by atoms with Crippen LogP contribution < -0.4 is 5.43 Å². The van der Waals surface area contributed by atoms with Crippen LogP contribution in [0.3, 0.4) is 0 Å². The second-order valence-corrected chi connectivity index (χ2v) is 5.11. The monoisotopic (exact) mass is 252 g/mol. The van der Waals surface area contributed by atoms with Gasteiger partial charge in [0.05, 0.1) is 6.21 Å². The number of carbonyl (C=O) groups is 1. The van der Waals surface area contributed by atoms with Crippen LogP contribution in [-0.2, 0) is 11.2 Å². The maximum Gasteiger partial charge on any atom is 0.240 e. The molecule has 0 aliphatic rings. The van der Waals surface area contributed by atoms with Crippen LogP contribution in [0.1, 0.15) is 49.3 Å². The number of hydrogen-bond acceptors (Lipinski definition) is 3. The van der Waals surface area contributed by atoms with Crippen molar-refractivity contribution in [1.29, 1.82) is 0 Å². The normalized spacial score (nSPS) is 10.9. The summed E-state index contributed by atoms with van der Waals surface area (Å²) in [7, 11) is 0. The second kappa shape index (κ2) is 8.01. The Kier molecular flexibility index (Phi) is 6.55. The van der Waals surface area contributed by atoms with Gasteiger partial charge in [0.2, 0.25) is 5.91 Å². The summed E-state index contributed by atoms with van der Waals surface area (Å²) in [4.78, 5) is 13.8. The summed E-state index contributed by atoms with van der Waals surface area (Å²) in [5, 5.41) is 3.95. The van der Waals surface area contributed by atoms with E-state index in [0.717, 1.165) is 30.6 Å². The topological polar surface area (TPSA) is 41.5 Å². The molecule has 0 saturated carbocycles. The summed E-state index contributed by atoms with van der Waals surface area (Å²) in [6, 6.07) is 4.12. The van der Waals surface area contributed by atoms with Crippen molar-refractivity contribution >= 4 is 23.5 Å². The number of nitrogens with zero attached hydrogens (tertiary/aromatic N) is 1. The van der Waals surface area contributed by atoms with E-state index < -0.39 is 0 Å². The van der Waals surface area contributed by atoms with E-state index >= 15 is 0 Å². The zero-order valence-electron chi connectivity index (χ0n) is 10.5. The van der Waals surface area contributed by atoms with Crippen molar-refractivity contribution in [3.05, 3.63) is 21.9 Å². The molecule has 1 rings (SSSR count). The minimum Gasteiger partial charge on any atom is -0.273 e. The number of hydrazone groups is 1. The van der Waals surface area contributed by atoms with Gasteiger partial charge in [0, 0.05) is 16.2 Å². The molecular weight excluding hydrogens is 232 g/mol. The van der Waals surface area contributed by atoms with Crippen molar-refractivity contribution in [3.8, 4) is 0 Å². The molecule has 4 heteroatoms. The van der Waals surface area contributed by atoms with Crippen molar-refractivity contribution in [2.45, 2.75) is 46.0 Å². The van der Waals surface area contributed by atoms with Gasteiger partial charge in [-0.2, -0.15) is 5.10 Å². The molecule has 0 fully saturated rings. The van der Waals surface area contributed by atoms with Gasteiger partial charge in [0.1, 0.15) is 0 Å². The third-order valence-electron chi connectivity index (χ3n) is 2.42. The Morgan fingerprint density at radius 2 is 2.24 bits per heavy atom. The summed E-state index contributed by atoms with van der Waals surface area (Å²) in [6.07, 6.45) is 6.49. The molecule has 94 valence electrons. The summed E-state index contributed by atoms with van der Waals surface area (Å²) >= 11 is 1.71. The summed E-state index contributed by atoms with van der Waals surface area (Å²) in [5.74, 6) is 0.00183. The van der Waals surface area contributed by atoms with Crippen LogP contribution in [0.4, 0.5) is 0 Å². The van der Waals surface area contributed by atoms with Crippen LogP contribution in [-0.4, -0.2) is 12.1 Å². The van der Waals surface area contributed by atoms with E-state index in [1.807, 2.05) is 6.07 Å². The minimum atomic E-state index is 0.00183. The molecule has 0 aliphatic heterocycles. The average molecular weight is 252 g/mol. The molecule has 0 aromatic carbocycles. The molecule has 1 amide bonds. The maximum absolute atomic E-state index is 11.3. The molecule has 0 atom stereocenters. The Morgan fingerprint density at radius 1 is 1.41 bits per heavy atom. The van der Waals surface area contributed by atoms with E-state index in [1.54, 1.807) is 17.6 Å². The molecule has 0 spiro atoms. The number of rotatable bonds is 7. The Hall–Kier alpha value is -1.16. The minimum absolute atomic E-state index is 0.00183. The molecule has 1 N–H and O–H groups in total. The zero-order valence-corrected chi connectivity index (χ0v) is 11.3. The number of carbonyl (C=O) groups excluding carboxylic acids is 1. The third kappa shape index (κ3) is 5.63. The van der Waals surface area contributed by atoms with Crippen molar-refractivity contribution in [1.82, 2.24) is 5.43 Å². The lowest BCUT2D eigenvalue weighted by Gasteiger charge is -1.97. The molecule has 0 unspecified atom stereocenters. The quantitative estimate of drug-likeness (QED) is 0.451. The summed E-state index contributed by atoms with van der Waals surface area (Å²) < 4.78 is 0. The molecule has 1 aromatic heterocycles. The summed E-state index contributed by atoms with van der Waals surface area (Å²) in [5.41, 5.74) is 2.55. The van der Waals surface area contributed by atoms with Crippen LogP contribution in [0, 0.1) is 0 Å². The van der Waals surface area contributed by atoms with Gasteiger partial charge in [-0.25, -0.2) is 5.43 Å². The fourth-order valence-corrected chi connectivity index (χ4v) is 2.24. The molecule has 0 bridgehead atoms. The average Bonchev–Trinajstić information content (AvgIpc) is 2.77. The fourth-order valence-electron chi connectivity index (χ4n) is 1.41. The van der Waals surface area contributed by atoms with Crippen molar-refractivity contribution in [3.63, 3.8) is 0 Å². The lowest BCUT2D eigenvalue weighted by molar-refractivity contribution is -0.121. The Bertz CT molecular complexity index is 371. The van der Waals surface area contributed by atoms with Gasteiger partial charge in [0.25, 0.3) is 0 Å². The lowest BCUT2D eigenvalue weighted by Crippen LogP contribution is -2.16. The fraction of sp³-hybridized carbons (Fsp3) is 0.538. The van der Waals surface area contributed by atoms with E-state index in [0.29, 0.717) is 6.42 Å². The first-order chi connectivity index (χ1) is 8.26. The second-order valence-electron chi connectivity index (χ2n) is 3.91. The van der Waals surface area contributed by atoms with E-state index in [4.69, 9.17) is 0 Å². The molecule has 0 aliphatic carbocycles. The molecule has 1 aromatic rings. The van der Waals surface area contributed by atoms with Gasteiger partial charge in [-0.3, -0.25) is 4.79 Å². The highest BCUT2D eigenvalue weighted by atomic mass is 32.1. The van der Waals surface area contributed by atoms with Crippen LogP contribution in [0.25, 0.3) is 0 Å². The predicted molar refractivity (Wildman–Crippen MR) is 73.6 cm³/mol. The van der Waals surface area contributed by atoms with Gasteiger partial charge in [-0.1, -0.05) is 26.7 Å². The Labute approximate surface area is 107 Å². The van der Waals surface area contributed by atoms with Gasteiger partial charge < -0.3 is 0 Å². The van der Waals surface area contributed by atoms with Gasteiger partial charge in [0.15, 0.2) is 0 Å². The van der Waals surface area contributed by atoms with Gasteiger partial charge in [-0.15, -0.1) is 11.3 Å². The number of nitrogens with one attached hydrogen (secondary N) is 1. The third-order valence-corrected chi connectivity index (χ3v) is 3.58. The van der Waals surface area contributed by atoms with E-state index in [2.05, 4.69) is 30.4 Å². The summed E-state index contributed by atoms with van der Waals surface area (Å²) in [6.45, 7) is 4.25. The number of unbranched alkanes of at least 4 members (excludes halogenated alkanes) is 2. The largest absolute Gasteiger partial charge is 0.273 e. The van der Waals surface area contributed by atoms with Crippen LogP contribution in [0.5, 0.6) is 0 Å². The zero-order chi connectivity index (χ0) is 12.5. The highest BCUT2D eigenvalue weighted by Gasteiger charge is 1.98. The first-order valence-corrected chi connectivity index (χ1v) is 6.98. The molecule has 0 radical (unpaired) electrons. The van der Waals surface area contributed by atoms with E-state index in [-0.39, 0.29) is 5.91 Å². The molecule has 0 saturated heterocycles. The van der Waals surface area contributed by atoms with Gasteiger partial charge >= 0.3 is 0 Å². The SMILES string of the molecule is CCCCCC(=O)NN=Cc1ccc(CC)s1. The highest BCUT2D eigenvalue weighted by molar-refractivity contribution is 7.13. The molecule has 3 nitrogen and oxygen atoms in total. The van der Waals surface area contributed by atoms with Crippen molar-refractivity contribution < 1.29 is 4.79 Å². The Balaban J connectivity index is 2.27.